The van der Waals surface area contributed by atoms with Crippen molar-refractivity contribution >= 4 is 28.4 Å². The standard InChI is InChI=1S/C13H20N2O4S.ClH/c1-9(8-14)15(3)20(17,18)12-7-5-6-11(10(12)2)13(16)19-4;/h5-7,9H,8,14H2,1-4H3;1H. The van der Waals surface area contributed by atoms with E-state index in [2.05, 4.69) is 4.74 Å². The molecule has 0 radical (unpaired) electrons. The van der Waals surface area contributed by atoms with Crippen LogP contribution in [0.5, 0.6) is 0 Å². The summed E-state index contributed by atoms with van der Waals surface area (Å²) < 4.78 is 30.9. The van der Waals surface area contributed by atoms with Crippen LogP contribution in [0.2, 0.25) is 0 Å². The number of benzene rings is 1. The van der Waals surface area contributed by atoms with E-state index in [4.69, 9.17) is 5.73 Å². The van der Waals surface area contributed by atoms with Crippen molar-refractivity contribution in [1.82, 2.24) is 4.31 Å². The van der Waals surface area contributed by atoms with E-state index in [1.54, 1.807) is 13.8 Å². The van der Waals surface area contributed by atoms with E-state index in [-0.39, 0.29) is 35.5 Å². The van der Waals surface area contributed by atoms with E-state index in [9.17, 15) is 13.2 Å². The summed E-state index contributed by atoms with van der Waals surface area (Å²) in [5, 5.41) is 0. The maximum Gasteiger partial charge on any atom is 0.338 e. The summed E-state index contributed by atoms with van der Waals surface area (Å²) in [5.74, 6) is -0.561. The summed E-state index contributed by atoms with van der Waals surface area (Å²) in [4.78, 5) is 11.7. The van der Waals surface area contributed by atoms with E-state index in [1.165, 1.54) is 36.7 Å². The summed E-state index contributed by atoms with van der Waals surface area (Å²) >= 11 is 0. The molecule has 0 bridgehead atoms. The topological polar surface area (TPSA) is 89.7 Å². The molecule has 0 aliphatic carbocycles. The van der Waals surface area contributed by atoms with Crippen molar-refractivity contribution in [3.05, 3.63) is 29.3 Å². The fraction of sp³-hybridized carbons (Fsp3) is 0.462. The molecule has 0 aliphatic heterocycles. The van der Waals surface area contributed by atoms with Crippen LogP contribution in [0.25, 0.3) is 0 Å². The van der Waals surface area contributed by atoms with E-state index < -0.39 is 16.0 Å². The van der Waals surface area contributed by atoms with E-state index in [0.29, 0.717) is 5.56 Å². The smallest absolute Gasteiger partial charge is 0.338 e. The van der Waals surface area contributed by atoms with Crippen molar-refractivity contribution in [1.29, 1.82) is 0 Å². The third-order valence-corrected chi connectivity index (χ3v) is 5.42. The van der Waals surface area contributed by atoms with E-state index >= 15 is 0 Å². The Kier molecular flexibility index (Phi) is 7.32. The largest absolute Gasteiger partial charge is 0.465 e. The quantitative estimate of drug-likeness (QED) is 0.815. The third kappa shape index (κ3) is 3.94. The Morgan fingerprint density at radius 2 is 2.00 bits per heavy atom. The number of likely N-dealkylation sites (N-methyl/N-ethyl adjacent to an activating group) is 1. The van der Waals surface area contributed by atoms with Gasteiger partial charge in [-0.25, -0.2) is 13.2 Å². The second kappa shape index (κ2) is 7.74. The molecule has 2 N–H and O–H groups in total. The summed E-state index contributed by atoms with van der Waals surface area (Å²) in [7, 11) is -0.975. The molecular formula is C13H21ClN2O4S. The molecule has 0 spiro atoms. The van der Waals surface area contributed by atoms with Crippen LogP contribution in [-0.2, 0) is 14.8 Å². The lowest BCUT2D eigenvalue weighted by Crippen LogP contribution is -2.40. The third-order valence-electron chi connectivity index (χ3n) is 3.31. The lowest BCUT2D eigenvalue weighted by Gasteiger charge is -2.24. The van der Waals surface area contributed by atoms with Crippen molar-refractivity contribution in [2.24, 2.45) is 5.73 Å². The van der Waals surface area contributed by atoms with Crippen molar-refractivity contribution in [2.75, 3.05) is 20.7 Å². The molecule has 1 unspecified atom stereocenters. The SMILES string of the molecule is COC(=O)c1cccc(S(=O)(=O)N(C)C(C)CN)c1C.Cl. The van der Waals surface area contributed by atoms with Gasteiger partial charge in [0.25, 0.3) is 0 Å². The number of nitrogens with two attached hydrogens (primary N) is 1. The van der Waals surface area contributed by atoms with Gasteiger partial charge in [0.05, 0.1) is 17.6 Å². The molecule has 21 heavy (non-hydrogen) atoms. The van der Waals surface area contributed by atoms with Gasteiger partial charge in [-0.1, -0.05) is 6.07 Å². The van der Waals surface area contributed by atoms with Crippen LogP contribution in [0.3, 0.4) is 0 Å². The predicted octanol–water partition coefficient (Wildman–Crippen LogP) is 1.17. The maximum absolute atomic E-state index is 12.5. The molecular weight excluding hydrogens is 316 g/mol. The van der Waals surface area contributed by atoms with Crippen LogP contribution in [0, 0.1) is 6.92 Å². The minimum absolute atomic E-state index is 0. The van der Waals surface area contributed by atoms with Crippen molar-refractivity contribution < 1.29 is 17.9 Å². The Hall–Kier alpha value is -1.15. The van der Waals surface area contributed by atoms with Gasteiger partial charge in [0.15, 0.2) is 0 Å². The van der Waals surface area contributed by atoms with Crippen LogP contribution in [0.4, 0.5) is 0 Å². The number of hydrogen-bond donors (Lipinski definition) is 1. The number of hydrogen-bond acceptors (Lipinski definition) is 5. The minimum Gasteiger partial charge on any atom is -0.465 e. The first kappa shape index (κ1) is 19.9. The van der Waals surface area contributed by atoms with Gasteiger partial charge in [0.2, 0.25) is 10.0 Å². The molecule has 0 aromatic heterocycles. The average molecular weight is 337 g/mol. The number of carbonyl (C=O) groups excluding carboxylic acids is 1. The Labute approximate surface area is 131 Å². The van der Waals surface area contributed by atoms with Crippen molar-refractivity contribution in [3.63, 3.8) is 0 Å². The number of ether oxygens (including phenoxy) is 1. The molecule has 1 atom stereocenters. The minimum atomic E-state index is -3.70. The van der Waals surface area contributed by atoms with Gasteiger partial charge in [-0.15, -0.1) is 12.4 Å². The number of methoxy groups -OCH3 is 1. The predicted molar refractivity (Wildman–Crippen MR) is 83.2 cm³/mol. The van der Waals surface area contributed by atoms with Gasteiger partial charge < -0.3 is 10.5 Å². The van der Waals surface area contributed by atoms with Crippen molar-refractivity contribution in [3.8, 4) is 0 Å². The molecule has 0 saturated carbocycles. The number of carbonyl (C=O) groups is 1. The zero-order chi connectivity index (χ0) is 15.5. The first-order chi connectivity index (χ1) is 9.27. The number of esters is 1. The highest BCUT2D eigenvalue weighted by Gasteiger charge is 2.27. The molecule has 0 fully saturated rings. The van der Waals surface area contributed by atoms with Gasteiger partial charge in [-0.05, 0) is 31.5 Å². The lowest BCUT2D eigenvalue weighted by atomic mass is 10.1. The Morgan fingerprint density at radius 1 is 1.43 bits per heavy atom. The maximum atomic E-state index is 12.5. The number of rotatable bonds is 5. The lowest BCUT2D eigenvalue weighted by molar-refractivity contribution is 0.0599. The number of sulfonamides is 1. The molecule has 1 rings (SSSR count). The summed E-state index contributed by atoms with van der Waals surface area (Å²) in [6.07, 6.45) is 0. The normalized spacial score (nSPS) is 12.7. The number of halogens is 1. The fourth-order valence-corrected chi connectivity index (χ4v) is 3.38. The van der Waals surface area contributed by atoms with Crippen LogP contribution in [0.1, 0.15) is 22.8 Å². The zero-order valence-electron chi connectivity index (χ0n) is 12.5. The summed E-state index contributed by atoms with van der Waals surface area (Å²) in [5.41, 5.74) is 6.11. The monoisotopic (exact) mass is 336 g/mol. The van der Waals surface area contributed by atoms with Crippen molar-refractivity contribution in [2.45, 2.75) is 24.8 Å². The molecule has 1 aromatic rings. The number of nitrogens with zero attached hydrogens (tertiary/aromatic N) is 1. The average Bonchev–Trinajstić information content (AvgIpc) is 2.44. The van der Waals surface area contributed by atoms with Crippen LogP contribution >= 0.6 is 12.4 Å². The molecule has 0 saturated heterocycles. The van der Waals surface area contributed by atoms with Crippen LogP contribution in [-0.4, -0.2) is 45.4 Å². The second-order valence-electron chi connectivity index (χ2n) is 4.53. The summed E-state index contributed by atoms with van der Waals surface area (Å²) in [6.45, 7) is 3.52. The Morgan fingerprint density at radius 3 is 2.48 bits per heavy atom. The highest BCUT2D eigenvalue weighted by molar-refractivity contribution is 7.89. The highest BCUT2D eigenvalue weighted by atomic mass is 35.5. The van der Waals surface area contributed by atoms with Gasteiger partial charge >= 0.3 is 5.97 Å². The second-order valence-corrected chi connectivity index (χ2v) is 6.49. The molecule has 0 heterocycles. The molecule has 1 aromatic carbocycles. The molecule has 120 valence electrons. The van der Waals surface area contributed by atoms with E-state index in [0.717, 1.165) is 0 Å². The van der Waals surface area contributed by atoms with Crippen LogP contribution in [0.15, 0.2) is 23.1 Å². The van der Waals surface area contributed by atoms with E-state index in [1.807, 2.05) is 0 Å². The molecule has 0 amide bonds. The van der Waals surface area contributed by atoms with Gasteiger partial charge in [-0.3, -0.25) is 0 Å². The molecule has 8 heteroatoms. The fourth-order valence-electron chi connectivity index (χ4n) is 1.77. The van der Waals surface area contributed by atoms with Crippen LogP contribution < -0.4 is 5.73 Å². The zero-order valence-corrected chi connectivity index (χ0v) is 14.1. The first-order valence-electron chi connectivity index (χ1n) is 6.13. The highest BCUT2D eigenvalue weighted by Crippen LogP contribution is 2.23. The molecule has 6 nitrogen and oxygen atoms in total. The summed E-state index contributed by atoms with van der Waals surface area (Å²) in [6, 6.07) is 4.19. The first-order valence-corrected chi connectivity index (χ1v) is 7.57. The molecule has 0 aliphatic rings. The van der Waals surface area contributed by atoms with Gasteiger partial charge in [0.1, 0.15) is 0 Å². The van der Waals surface area contributed by atoms with Gasteiger partial charge in [-0.2, -0.15) is 4.31 Å². The van der Waals surface area contributed by atoms with Gasteiger partial charge in [0, 0.05) is 19.6 Å². The Bertz CT molecular complexity index is 604. The Balaban J connectivity index is 0.00000400.